The third kappa shape index (κ3) is 3.05. The lowest BCUT2D eigenvalue weighted by atomic mass is 10.1. The van der Waals surface area contributed by atoms with Crippen LogP contribution in [-0.4, -0.2) is 38.9 Å². The molecule has 0 spiro atoms. The van der Waals surface area contributed by atoms with Crippen molar-refractivity contribution < 1.29 is 17.2 Å². The van der Waals surface area contributed by atoms with Crippen LogP contribution in [-0.2, 0) is 10.0 Å². The van der Waals surface area contributed by atoms with Crippen molar-refractivity contribution in [2.75, 3.05) is 20.1 Å². The van der Waals surface area contributed by atoms with Crippen LogP contribution < -0.4 is 5.32 Å². The van der Waals surface area contributed by atoms with Gasteiger partial charge in [-0.1, -0.05) is 0 Å². The molecule has 0 aliphatic carbocycles. The van der Waals surface area contributed by atoms with Crippen LogP contribution in [0.3, 0.4) is 0 Å². The lowest BCUT2D eigenvalue weighted by Crippen LogP contribution is -2.47. The predicted molar refractivity (Wildman–Crippen MR) is 71.9 cm³/mol. The molecule has 5 nitrogen and oxygen atoms in total. The van der Waals surface area contributed by atoms with Crippen molar-refractivity contribution in [3.63, 3.8) is 0 Å². The van der Waals surface area contributed by atoms with E-state index in [0.29, 0.717) is 6.42 Å². The van der Waals surface area contributed by atoms with Crippen molar-refractivity contribution in [2.24, 2.45) is 0 Å². The number of rotatable bonds is 3. The summed E-state index contributed by atoms with van der Waals surface area (Å²) in [7, 11) is -2.55. The number of halogens is 2. The Morgan fingerprint density at radius 2 is 2.00 bits per heavy atom. The molecule has 21 heavy (non-hydrogen) atoms. The molecule has 1 N–H and O–H groups in total. The van der Waals surface area contributed by atoms with Crippen molar-refractivity contribution in [2.45, 2.75) is 23.8 Å². The van der Waals surface area contributed by atoms with Gasteiger partial charge >= 0.3 is 0 Å². The van der Waals surface area contributed by atoms with Crippen molar-refractivity contribution in [1.82, 2.24) is 9.62 Å². The molecule has 0 saturated carbocycles. The van der Waals surface area contributed by atoms with Crippen molar-refractivity contribution >= 4 is 10.0 Å². The molecule has 1 aliphatic rings. The van der Waals surface area contributed by atoms with Crippen LogP contribution in [0.4, 0.5) is 8.78 Å². The first kappa shape index (κ1) is 15.8. The number of hydrogen-bond acceptors (Lipinski definition) is 4. The Bertz CT molecular complexity index is 662. The van der Waals surface area contributed by atoms with Crippen molar-refractivity contribution in [3.8, 4) is 6.07 Å². The van der Waals surface area contributed by atoms with Gasteiger partial charge in [0.25, 0.3) is 0 Å². The molecule has 1 fully saturated rings. The largest absolute Gasteiger partial charge is 0.316 e. The second-order valence-electron chi connectivity index (χ2n) is 4.87. The van der Waals surface area contributed by atoms with Crippen LogP contribution in [0, 0.1) is 23.0 Å². The first-order chi connectivity index (χ1) is 9.90. The summed E-state index contributed by atoms with van der Waals surface area (Å²) in [6.45, 7) is 0.386. The zero-order chi connectivity index (χ0) is 15.6. The second kappa shape index (κ2) is 6.05. The van der Waals surface area contributed by atoms with E-state index in [1.165, 1.54) is 0 Å². The highest BCUT2D eigenvalue weighted by atomic mass is 32.2. The number of nitrogens with zero attached hydrogens (tertiary/aromatic N) is 2. The number of hydrogen-bond donors (Lipinski definition) is 1. The van der Waals surface area contributed by atoms with E-state index in [4.69, 9.17) is 5.26 Å². The summed E-state index contributed by atoms with van der Waals surface area (Å²) in [5.74, 6) is -2.48. The van der Waals surface area contributed by atoms with Gasteiger partial charge in [0.05, 0.1) is 11.6 Å². The van der Waals surface area contributed by atoms with Crippen LogP contribution in [0.25, 0.3) is 0 Å². The third-order valence-electron chi connectivity index (χ3n) is 3.52. The molecule has 1 unspecified atom stereocenters. The summed E-state index contributed by atoms with van der Waals surface area (Å²) >= 11 is 0. The quantitative estimate of drug-likeness (QED) is 0.910. The van der Waals surface area contributed by atoms with Crippen molar-refractivity contribution in [1.29, 1.82) is 5.26 Å². The van der Waals surface area contributed by atoms with E-state index in [1.807, 2.05) is 0 Å². The summed E-state index contributed by atoms with van der Waals surface area (Å²) in [5.41, 5.74) is -0.254. The first-order valence-corrected chi connectivity index (χ1v) is 7.90. The molecule has 1 aromatic carbocycles. The number of benzene rings is 1. The fraction of sp³-hybridized carbons (Fsp3) is 0.462. The smallest absolute Gasteiger partial charge is 0.248 e. The molecule has 0 radical (unpaired) electrons. The third-order valence-corrected chi connectivity index (χ3v) is 5.44. The monoisotopic (exact) mass is 315 g/mol. The summed E-state index contributed by atoms with van der Waals surface area (Å²) in [6.07, 6.45) is 1.42. The van der Waals surface area contributed by atoms with Gasteiger partial charge in [-0.2, -0.15) is 9.57 Å². The van der Waals surface area contributed by atoms with Gasteiger partial charge in [0.15, 0.2) is 4.90 Å². The second-order valence-corrected chi connectivity index (χ2v) is 6.75. The molecule has 0 amide bonds. The molecular formula is C13H15F2N3O2S. The molecule has 114 valence electrons. The Labute approximate surface area is 122 Å². The number of likely N-dealkylation sites (N-methyl/N-ethyl adjacent to an activating group) is 1. The van der Waals surface area contributed by atoms with Crippen LogP contribution in [0.2, 0.25) is 0 Å². The van der Waals surface area contributed by atoms with E-state index in [-0.39, 0.29) is 24.7 Å². The van der Waals surface area contributed by atoms with E-state index < -0.39 is 26.6 Å². The van der Waals surface area contributed by atoms with Crippen LogP contribution in [0.1, 0.15) is 18.4 Å². The van der Waals surface area contributed by atoms with Gasteiger partial charge < -0.3 is 5.32 Å². The average molecular weight is 315 g/mol. The van der Waals surface area contributed by atoms with Crippen LogP contribution in [0.5, 0.6) is 0 Å². The molecule has 1 aromatic rings. The normalized spacial score (nSPS) is 20.2. The fourth-order valence-electron chi connectivity index (χ4n) is 2.40. The fourth-order valence-corrected chi connectivity index (χ4v) is 4.01. The number of nitrogens with one attached hydrogen (secondary N) is 1. The zero-order valence-corrected chi connectivity index (χ0v) is 12.3. The van der Waals surface area contributed by atoms with E-state index in [0.717, 1.165) is 22.9 Å². The summed E-state index contributed by atoms with van der Waals surface area (Å²) in [5, 5.41) is 11.6. The minimum Gasteiger partial charge on any atom is -0.316 e. The van der Waals surface area contributed by atoms with E-state index in [1.54, 1.807) is 13.1 Å². The molecule has 1 saturated heterocycles. The van der Waals surface area contributed by atoms with Gasteiger partial charge in [0, 0.05) is 19.1 Å². The zero-order valence-electron chi connectivity index (χ0n) is 11.4. The highest BCUT2D eigenvalue weighted by Gasteiger charge is 2.34. The molecule has 0 bridgehead atoms. The van der Waals surface area contributed by atoms with Crippen molar-refractivity contribution in [3.05, 3.63) is 29.3 Å². The molecular weight excluding hydrogens is 300 g/mol. The number of piperidine rings is 1. The summed E-state index contributed by atoms with van der Waals surface area (Å²) in [4.78, 5) is -0.988. The Morgan fingerprint density at radius 3 is 2.52 bits per heavy atom. The molecule has 2 rings (SSSR count). The summed E-state index contributed by atoms with van der Waals surface area (Å²) in [6, 6.07) is 3.00. The molecule has 0 aromatic heterocycles. The van der Waals surface area contributed by atoms with Gasteiger partial charge in [0.2, 0.25) is 10.0 Å². The molecule has 1 atom stereocenters. The standard InChI is InChI=1S/C13H15F2N3O2S/c1-17-10-3-2-4-18(8-10)21(19,20)13-11(14)5-9(7-16)6-12(13)15/h5-6,10,17H,2-4,8H2,1H3. The SMILES string of the molecule is CNC1CCCN(S(=O)(=O)c2c(F)cc(C#N)cc2F)C1. The first-order valence-electron chi connectivity index (χ1n) is 6.46. The average Bonchev–Trinajstić information content (AvgIpc) is 2.46. The van der Waals surface area contributed by atoms with Crippen LogP contribution in [0.15, 0.2) is 17.0 Å². The van der Waals surface area contributed by atoms with Gasteiger partial charge in [-0.3, -0.25) is 0 Å². The maximum Gasteiger partial charge on any atom is 0.248 e. The number of sulfonamides is 1. The Kier molecular flexibility index (Phi) is 4.56. The maximum absolute atomic E-state index is 13.9. The van der Waals surface area contributed by atoms with E-state index in [9.17, 15) is 17.2 Å². The lowest BCUT2D eigenvalue weighted by Gasteiger charge is -2.31. The van der Waals surface area contributed by atoms with Gasteiger partial charge in [-0.05, 0) is 32.0 Å². The maximum atomic E-state index is 13.9. The minimum atomic E-state index is -4.26. The summed E-state index contributed by atoms with van der Waals surface area (Å²) < 4.78 is 53.8. The van der Waals surface area contributed by atoms with Gasteiger partial charge in [0.1, 0.15) is 11.6 Å². The molecule has 1 aliphatic heterocycles. The highest BCUT2D eigenvalue weighted by Crippen LogP contribution is 2.26. The highest BCUT2D eigenvalue weighted by molar-refractivity contribution is 7.89. The Balaban J connectivity index is 2.43. The minimum absolute atomic E-state index is 0.0435. The molecule has 1 heterocycles. The van der Waals surface area contributed by atoms with E-state index in [2.05, 4.69) is 5.32 Å². The van der Waals surface area contributed by atoms with Gasteiger partial charge in [-0.25, -0.2) is 17.2 Å². The topological polar surface area (TPSA) is 73.2 Å². The number of nitriles is 1. The molecule has 8 heteroatoms. The Hall–Kier alpha value is -1.56. The lowest BCUT2D eigenvalue weighted by molar-refractivity contribution is 0.291. The van der Waals surface area contributed by atoms with Gasteiger partial charge in [-0.15, -0.1) is 0 Å². The Morgan fingerprint density at radius 1 is 1.38 bits per heavy atom. The predicted octanol–water partition coefficient (Wildman–Crippen LogP) is 1.21. The van der Waals surface area contributed by atoms with Crippen LogP contribution >= 0.6 is 0 Å². The van der Waals surface area contributed by atoms with E-state index >= 15 is 0 Å².